The number of aromatic nitrogens is 2. The normalized spacial score (nSPS) is 17.9. The molecular formula is C21H17Cl2F3N4O2. The SMILES string of the molecule is COc1ccc([C@@H]2C[C@@H](C(F)(F)F)n3nc(C(=O)Nc4cc(Cl)ccc4Cl)cc3N2)cc1. The van der Waals surface area contributed by atoms with Crippen molar-refractivity contribution >= 4 is 40.6 Å². The summed E-state index contributed by atoms with van der Waals surface area (Å²) in [5.41, 5.74) is 0.698. The summed E-state index contributed by atoms with van der Waals surface area (Å²) in [6.07, 6.45) is -4.84. The Morgan fingerprint density at radius 2 is 1.91 bits per heavy atom. The zero-order valence-electron chi connectivity index (χ0n) is 16.6. The number of methoxy groups -OCH3 is 1. The number of amides is 1. The highest BCUT2D eigenvalue weighted by molar-refractivity contribution is 6.35. The smallest absolute Gasteiger partial charge is 0.410 e. The van der Waals surface area contributed by atoms with Crippen molar-refractivity contribution < 1.29 is 22.7 Å². The molecule has 2 aromatic carbocycles. The fraction of sp³-hybridized carbons (Fsp3) is 0.238. The highest BCUT2D eigenvalue weighted by Crippen LogP contribution is 2.43. The average molecular weight is 485 g/mol. The topological polar surface area (TPSA) is 68.2 Å². The number of nitrogens with one attached hydrogen (secondary N) is 2. The maximum absolute atomic E-state index is 13.8. The maximum Gasteiger partial charge on any atom is 0.410 e. The molecule has 1 aliphatic rings. The summed E-state index contributed by atoms with van der Waals surface area (Å²) < 4.78 is 47.4. The van der Waals surface area contributed by atoms with Gasteiger partial charge < -0.3 is 15.4 Å². The van der Waals surface area contributed by atoms with Crippen molar-refractivity contribution in [1.82, 2.24) is 9.78 Å². The molecule has 0 fully saturated rings. The van der Waals surface area contributed by atoms with Gasteiger partial charge in [0.1, 0.15) is 11.6 Å². The van der Waals surface area contributed by atoms with E-state index >= 15 is 0 Å². The zero-order valence-corrected chi connectivity index (χ0v) is 18.1. The summed E-state index contributed by atoms with van der Waals surface area (Å²) in [6.45, 7) is 0. The molecule has 4 rings (SSSR count). The molecule has 1 amide bonds. The number of benzene rings is 2. The highest BCUT2D eigenvalue weighted by Gasteiger charge is 2.46. The van der Waals surface area contributed by atoms with Gasteiger partial charge in [0.2, 0.25) is 0 Å². The zero-order chi connectivity index (χ0) is 23.0. The summed E-state index contributed by atoms with van der Waals surface area (Å²) in [5.74, 6) is -0.0258. The number of fused-ring (bicyclic) bond motifs is 1. The van der Waals surface area contributed by atoms with E-state index in [-0.39, 0.29) is 28.6 Å². The Hall–Kier alpha value is -2.91. The van der Waals surface area contributed by atoms with Crippen LogP contribution in [0.5, 0.6) is 5.75 Å². The van der Waals surface area contributed by atoms with E-state index in [2.05, 4.69) is 15.7 Å². The summed E-state index contributed by atoms with van der Waals surface area (Å²) >= 11 is 12.0. The number of alkyl halides is 3. The van der Waals surface area contributed by atoms with E-state index in [9.17, 15) is 18.0 Å². The van der Waals surface area contributed by atoms with Crippen molar-refractivity contribution in [2.24, 2.45) is 0 Å². The van der Waals surface area contributed by atoms with Gasteiger partial charge in [0.05, 0.1) is 23.9 Å². The van der Waals surface area contributed by atoms with Crippen LogP contribution in [-0.2, 0) is 0 Å². The summed E-state index contributed by atoms with van der Waals surface area (Å²) in [5, 5.41) is 10.1. The van der Waals surface area contributed by atoms with Crippen LogP contribution in [0.25, 0.3) is 0 Å². The molecule has 0 unspecified atom stereocenters. The first-order valence-corrected chi connectivity index (χ1v) is 10.2. The molecule has 0 saturated heterocycles. The van der Waals surface area contributed by atoms with E-state index in [1.54, 1.807) is 30.3 Å². The molecule has 0 aliphatic carbocycles. The van der Waals surface area contributed by atoms with Crippen molar-refractivity contribution in [1.29, 1.82) is 0 Å². The Kier molecular flexibility index (Phi) is 5.96. The third kappa shape index (κ3) is 4.49. The Bertz CT molecular complexity index is 1150. The van der Waals surface area contributed by atoms with E-state index in [0.29, 0.717) is 16.3 Å². The molecule has 11 heteroatoms. The molecule has 0 spiro atoms. The molecule has 0 radical (unpaired) electrons. The van der Waals surface area contributed by atoms with Gasteiger partial charge in [0.15, 0.2) is 11.7 Å². The molecule has 32 heavy (non-hydrogen) atoms. The Morgan fingerprint density at radius 3 is 2.56 bits per heavy atom. The van der Waals surface area contributed by atoms with Crippen LogP contribution < -0.4 is 15.4 Å². The van der Waals surface area contributed by atoms with Crippen molar-refractivity contribution in [2.45, 2.75) is 24.7 Å². The van der Waals surface area contributed by atoms with Crippen molar-refractivity contribution in [3.05, 3.63) is 69.8 Å². The molecule has 2 N–H and O–H groups in total. The number of halogens is 5. The predicted octanol–water partition coefficient (Wildman–Crippen LogP) is 6.11. The predicted molar refractivity (Wildman–Crippen MR) is 116 cm³/mol. The Labute approximate surface area is 191 Å². The summed E-state index contributed by atoms with van der Waals surface area (Å²) in [4.78, 5) is 12.7. The van der Waals surface area contributed by atoms with Gasteiger partial charge in [-0.25, -0.2) is 4.68 Å². The van der Waals surface area contributed by atoms with Crippen LogP contribution >= 0.6 is 23.2 Å². The molecule has 3 aromatic rings. The number of anilines is 2. The van der Waals surface area contributed by atoms with E-state index < -0.39 is 24.2 Å². The van der Waals surface area contributed by atoms with Crippen LogP contribution in [0.1, 0.15) is 34.6 Å². The molecule has 1 aromatic heterocycles. The molecule has 0 bridgehead atoms. The van der Waals surface area contributed by atoms with Crippen molar-refractivity contribution in [3.8, 4) is 5.75 Å². The fourth-order valence-corrected chi connectivity index (χ4v) is 3.86. The van der Waals surface area contributed by atoms with Gasteiger partial charge in [-0.1, -0.05) is 35.3 Å². The Morgan fingerprint density at radius 1 is 1.19 bits per heavy atom. The standard InChI is InChI=1S/C21H17Cl2F3N4O2/c1-32-13-5-2-11(3-6-13)15-9-18(21(24,25)26)30-19(27-15)10-17(29-30)20(31)28-16-8-12(22)4-7-14(16)23/h2-8,10,15,18,27H,9H2,1H3,(H,28,31)/t15-,18-/m0/s1. The lowest BCUT2D eigenvalue weighted by molar-refractivity contribution is -0.173. The number of hydrogen-bond donors (Lipinski definition) is 2. The van der Waals surface area contributed by atoms with E-state index in [1.807, 2.05) is 0 Å². The van der Waals surface area contributed by atoms with Gasteiger partial charge in [0, 0.05) is 17.5 Å². The second-order valence-electron chi connectivity index (χ2n) is 7.20. The van der Waals surface area contributed by atoms with Gasteiger partial charge in [-0.2, -0.15) is 18.3 Å². The first-order valence-electron chi connectivity index (χ1n) is 9.49. The Balaban J connectivity index is 1.64. The molecule has 6 nitrogen and oxygen atoms in total. The van der Waals surface area contributed by atoms with Gasteiger partial charge in [0.25, 0.3) is 5.91 Å². The van der Waals surface area contributed by atoms with E-state index in [1.165, 1.54) is 25.3 Å². The quantitative estimate of drug-likeness (QED) is 0.468. The molecule has 2 heterocycles. The van der Waals surface area contributed by atoms with Crippen LogP contribution in [-0.4, -0.2) is 29.0 Å². The minimum absolute atomic E-state index is 0.0849. The number of hydrogen-bond acceptors (Lipinski definition) is 4. The van der Waals surface area contributed by atoms with Crippen LogP contribution in [0.15, 0.2) is 48.5 Å². The number of nitrogens with zero attached hydrogens (tertiary/aromatic N) is 2. The van der Waals surface area contributed by atoms with Crippen molar-refractivity contribution in [3.63, 3.8) is 0 Å². The van der Waals surface area contributed by atoms with Gasteiger partial charge in [-0.05, 0) is 35.9 Å². The van der Waals surface area contributed by atoms with E-state index in [0.717, 1.165) is 4.68 Å². The van der Waals surface area contributed by atoms with Gasteiger partial charge in [-0.15, -0.1) is 0 Å². The minimum atomic E-state index is -4.56. The second kappa shape index (κ2) is 8.55. The van der Waals surface area contributed by atoms with Crippen LogP contribution in [0.4, 0.5) is 24.7 Å². The minimum Gasteiger partial charge on any atom is -0.497 e. The third-order valence-corrected chi connectivity index (χ3v) is 5.68. The number of ether oxygens (including phenoxy) is 1. The number of rotatable bonds is 4. The van der Waals surface area contributed by atoms with Crippen LogP contribution in [0, 0.1) is 0 Å². The van der Waals surface area contributed by atoms with Crippen LogP contribution in [0.2, 0.25) is 10.0 Å². The van der Waals surface area contributed by atoms with Crippen molar-refractivity contribution in [2.75, 3.05) is 17.7 Å². The first kappa shape index (κ1) is 22.3. The fourth-order valence-electron chi connectivity index (χ4n) is 3.52. The number of carbonyl (C=O) groups excluding carboxylic acids is 1. The summed E-state index contributed by atoms with van der Waals surface area (Å²) in [7, 11) is 1.51. The monoisotopic (exact) mass is 484 g/mol. The molecule has 168 valence electrons. The number of carbonyl (C=O) groups is 1. The first-order chi connectivity index (χ1) is 15.2. The average Bonchev–Trinajstić information content (AvgIpc) is 3.19. The molecule has 0 saturated carbocycles. The van der Waals surface area contributed by atoms with Crippen LogP contribution in [0.3, 0.4) is 0 Å². The largest absolute Gasteiger partial charge is 0.497 e. The lowest BCUT2D eigenvalue weighted by Gasteiger charge is -2.33. The molecular weight excluding hydrogens is 468 g/mol. The lowest BCUT2D eigenvalue weighted by atomic mass is 9.97. The molecule has 2 atom stereocenters. The third-order valence-electron chi connectivity index (χ3n) is 5.12. The maximum atomic E-state index is 13.8. The second-order valence-corrected chi connectivity index (χ2v) is 8.04. The van der Waals surface area contributed by atoms with Gasteiger partial charge >= 0.3 is 6.18 Å². The lowest BCUT2D eigenvalue weighted by Crippen LogP contribution is -2.35. The highest BCUT2D eigenvalue weighted by atomic mass is 35.5. The van der Waals surface area contributed by atoms with Gasteiger partial charge in [-0.3, -0.25) is 4.79 Å². The summed E-state index contributed by atoms with van der Waals surface area (Å²) in [6, 6.07) is 9.99. The van der Waals surface area contributed by atoms with E-state index in [4.69, 9.17) is 27.9 Å². The molecule has 1 aliphatic heterocycles.